The largest absolute Gasteiger partial charge is 2.00 e. The van der Waals surface area contributed by atoms with Crippen LogP contribution >= 0.6 is 0 Å². The molecule has 0 spiro atoms. The monoisotopic (exact) mass is 318 g/mol. The third kappa shape index (κ3) is 5.18. The number of benzene rings is 1. The predicted octanol–water partition coefficient (Wildman–Crippen LogP) is 4.13. The third-order valence-electron chi connectivity index (χ3n) is 3.12. The summed E-state index contributed by atoms with van der Waals surface area (Å²) in [6.07, 6.45) is 7.33. The summed E-state index contributed by atoms with van der Waals surface area (Å²) in [5, 5.41) is 10.5. The van der Waals surface area contributed by atoms with Crippen LogP contribution in [0.4, 0.5) is 0 Å². The molecule has 108 valence electrons. The van der Waals surface area contributed by atoms with Crippen LogP contribution in [0.25, 0.3) is 11.1 Å². The normalized spacial score (nSPS) is 11.6. The van der Waals surface area contributed by atoms with Crippen molar-refractivity contribution in [1.82, 2.24) is 0 Å². The van der Waals surface area contributed by atoms with Gasteiger partial charge in [0, 0.05) is 0 Å². The van der Waals surface area contributed by atoms with E-state index in [9.17, 15) is 5.11 Å². The molecule has 3 rings (SSSR count). The van der Waals surface area contributed by atoms with E-state index in [2.05, 4.69) is 55.5 Å². The van der Waals surface area contributed by atoms with Gasteiger partial charge in [-0.25, -0.2) is 0 Å². The number of hydrogen-bond donors (Lipinski definition) is 0. The first-order valence-corrected chi connectivity index (χ1v) is 6.68. The van der Waals surface area contributed by atoms with Crippen LogP contribution in [0, 0.1) is 6.92 Å². The zero-order valence-corrected chi connectivity index (χ0v) is 13.3. The first kappa shape index (κ1) is 17.2. The van der Waals surface area contributed by atoms with Crippen molar-refractivity contribution in [2.24, 2.45) is 0 Å². The van der Waals surface area contributed by atoms with Gasteiger partial charge in [-0.3, -0.25) is 0 Å². The van der Waals surface area contributed by atoms with Crippen LogP contribution in [0.3, 0.4) is 0 Å². The molecule has 0 bridgehead atoms. The standard InChI is InChI=1S/C12H11.C7H8O.Fe/c1-10-6-8-12(9-7-10)11-4-2-3-5-11;1-6(8)7-4-2-3-5-7;/h2-9H,1H3;2-5,8H,1H3;/q-1;;+2/p-1. The van der Waals surface area contributed by atoms with E-state index in [1.807, 2.05) is 24.3 Å². The van der Waals surface area contributed by atoms with Gasteiger partial charge in [0.25, 0.3) is 0 Å². The Bertz CT molecular complexity index is 611. The van der Waals surface area contributed by atoms with Gasteiger partial charge < -0.3 is 5.11 Å². The van der Waals surface area contributed by atoms with Gasteiger partial charge >= 0.3 is 17.1 Å². The fourth-order valence-electron chi connectivity index (χ4n) is 1.92. The van der Waals surface area contributed by atoms with E-state index in [1.54, 1.807) is 6.92 Å². The van der Waals surface area contributed by atoms with Crippen molar-refractivity contribution in [2.75, 3.05) is 0 Å². The summed E-state index contributed by atoms with van der Waals surface area (Å²) in [5.74, 6) is 0.134. The molecule has 0 fully saturated rings. The molecule has 21 heavy (non-hydrogen) atoms. The van der Waals surface area contributed by atoms with Crippen molar-refractivity contribution >= 4 is 0 Å². The van der Waals surface area contributed by atoms with E-state index < -0.39 is 0 Å². The van der Waals surface area contributed by atoms with E-state index in [-0.39, 0.29) is 22.8 Å². The van der Waals surface area contributed by atoms with Crippen molar-refractivity contribution in [1.29, 1.82) is 0 Å². The molecule has 0 radical (unpaired) electrons. The second-order valence-corrected chi connectivity index (χ2v) is 4.77. The molecular formula is C19H18FeO. The Kier molecular flexibility index (Phi) is 6.87. The van der Waals surface area contributed by atoms with E-state index in [0.29, 0.717) is 0 Å². The van der Waals surface area contributed by atoms with E-state index in [0.717, 1.165) is 5.57 Å². The van der Waals surface area contributed by atoms with Gasteiger partial charge in [-0.2, -0.15) is 12.1 Å². The van der Waals surface area contributed by atoms with Crippen LogP contribution in [0.1, 0.15) is 12.5 Å². The molecule has 0 aliphatic heterocycles. The van der Waals surface area contributed by atoms with Gasteiger partial charge in [0.1, 0.15) is 0 Å². The molecule has 2 aromatic rings. The summed E-state index contributed by atoms with van der Waals surface area (Å²) in [5.41, 5.74) is 4.70. The molecule has 0 saturated heterocycles. The van der Waals surface area contributed by atoms with E-state index in [4.69, 9.17) is 0 Å². The molecule has 1 nitrogen and oxygen atoms in total. The molecule has 0 aromatic heterocycles. The average molecular weight is 318 g/mol. The number of allylic oxidation sites excluding steroid dienone is 6. The van der Waals surface area contributed by atoms with Gasteiger partial charge in [-0.1, -0.05) is 54.5 Å². The van der Waals surface area contributed by atoms with Crippen LogP contribution in [0.2, 0.25) is 0 Å². The Morgan fingerprint density at radius 3 is 1.90 bits per heavy atom. The Hall–Kier alpha value is -1.89. The first-order chi connectivity index (χ1) is 9.66. The molecular weight excluding hydrogens is 300 g/mol. The van der Waals surface area contributed by atoms with Gasteiger partial charge in [-0.15, -0.1) is 35.6 Å². The Balaban J connectivity index is 0.000000216. The van der Waals surface area contributed by atoms with E-state index in [1.165, 1.54) is 16.7 Å². The Morgan fingerprint density at radius 2 is 1.48 bits per heavy atom. The summed E-state index contributed by atoms with van der Waals surface area (Å²) >= 11 is 0. The molecule has 0 amide bonds. The number of aryl methyl sites for hydroxylation is 1. The zero-order chi connectivity index (χ0) is 14.4. The van der Waals surface area contributed by atoms with E-state index >= 15 is 0 Å². The van der Waals surface area contributed by atoms with Crippen LogP contribution < -0.4 is 5.11 Å². The predicted molar refractivity (Wildman–Crippen MR) is 83.2 cm³/mol. The third-order valence-corrected chi connectivity index (χ3v) is 3.12. The first-order valence-electron chi connectivity index (χ1n) is 6.68. The molecule has 1 aliphatic rings. The topological polar surface area (TPSA) is 23.1 Å². The average Bonchev–Trinajstić information content (AvgIpc) is 3.14. The maximum absolute atomic E-state index is 10.5. The van der Waals surface area contributed by atoms with Gasteiger partial charge in [0.15, 0.2) is 0 Å². The molecule has 0 unspecified atom stereocenters. The maximum atomic E-state index is 10.5. The Labute approximate surface area is 137 Å². The summed E-state index contributed by atoms with van der Waals surface area (Å²) in [7, 11) is 0. The fourth-order valence-corrected chi connectivity index (χ4v) is 1.92. The summed E-state index contributed by atoms with van der Waals surface area (Å²) < 4.78 is 0. The minimum atomic E-state index is 0. The van der Waals surface area contributed by atoms with Crippen LogP contribution in [-0.4, -0.2) is 0 Å². The van der Waals surface area contributed by atoms with Gasteiger partial charge in [-0.05, 0) is 12.5 Å². The maximum Gasteiger partial charge on any atom is 2.00 e. The molecule has 0 atom stereocenters. The van der Waals surface area contributed by atoms with Crippen LogP contribution in [-0.2, 0) is 17.1 Å². The second-order valence-electron chi connectivity index (χ2n) is 4.77. The molecule has 0 N–H and O–H groups in total. The Morgan fingerprint density at radius 1 is 0.952 bits per heavy atom. The summed E-state index contributed by atoms with van der Waals surface area (Å²) in [6, 6.07) is 17.0. The van der Waals surface area contributed by atoms with Gasteiger partial charge in [0.05, 0.1) is 0 Å². The SMILES string of the molecule is CC([O-])=C1C=CC=C1.Cc1ccc(-[c-]2cccc2)cc1.[Fe+2]. The molecule has 0 heterocycles. The molecule has 2 aromatic carbocycles. The number of hydrogen-bond acceptors (Lipinski definition) is 1. The minimum Gasteiger partial charge on any atom is -0.875 e. The molecule has 0 saturated carbocycles. The molecule has 2 heteroatoms. The van der Waals surface area contributed by atoms with Crippen molar-refractivity contribution < 1.29 is 22.2 Å². The van der Waals surface area contributed by atoms with Crippen LogP contribution in [0.5, 0.6) is 0 Å². The number of rotatable bonds is 1. The van der Waals surface area contributed by atoms with Crippen LogP contribution in [0.15, 0.2) is 84.2 Å². The quantitative estimate of drug-likeness (QED) is 0.440. The summed E-state index contributed by atoms with van der Waals surface area (Å²) in [6.45, 7) is 3.67. The van der Waals surface area contributed by atoms with Crippen molar-refractivity contribution in [3.8, 4) is 11.1 Å². The molecule has 1 aliphatic carbocycles. The minimum absolute atomic E-state index is 0. The van der Waals surface area contributed by atoms with Gasteiger partial charge in [0.2, 0.25) is 0 Å². The summed E-state index contributed by atoms with van der Waals surface area (Å²) in [4.78, 5) is 0. The van der Waals surface area contributed by atoms with Crippen molar-refractivity contribution in [3.05, 3.63) is 89.7 Å². The van der Waals surface area contributed by atoms with Crippen molar-refractivity contribution in [2.45, 2.75) is 13.8 Å². The van der Waals surface area contributed by atoms with Crippen molar-refractivity contribution in [3.63, 3.8) is 0 Å². The zero-order valence-electron chi connectivity index (χ0n) is 12.2. The smallest absolute Gasteiger partial charge is 0.875 e. The second kappa shape index (κ2) is 8.41. The fraction of sp³-hybridized carbons (Fsp3) is 0.105.